The van der Waals surface area contributed by atoms with Crippen LogP contribution in [0.3, 0.4) is 0 Å². The standard InChI is InChI=1S/C14H19BrClNO/c1-10-8-17(6-5-13(10)16)9-11-3-4-14(18-2)12(15)7-11/h3-4,7,10,13H,5-6,8-9H2,1-2H3. The molecule has 1 aliphatic heterocycles. The van der Waals surface area contributed by atoms with Gasteiger partial charge in [-0.3, -0.25) is 4.90 Å². The number of likely N-dealkylation sites (tertiary alicyclic amines) is 1. The van der Waals surface area contributed by atoms with Gasteiger partial charge in [-0.2, -0.15) is 0 Å². The summed E-state index contributed by atoms with van der Waals surface area (Å²) in [5.74, 6) is 1.45. The van der Waals surface area contributed by atoms with Crippen LogP contribution in [0.2, 0.25) is 0 Å². The fourth-order valence-electron chi connectivity index (χ4n) is 2.41. The molecule has 100 valence electrons. The van der Waals surface area contributed by atoms with Crippen molar-refractivity contribution >= 4 is 27.5 Å². The van der Waals surface area contributed by atoms with Gasteiger partial charge in [-0.1, -0.05) is 13.0 Å². The van der Waals surface area contributed by atoms with Gasteiger partial charge in [-0.15, -0.1) is 11.6 Å². The number of hydrogen-bond acceptors (Lipinski definition) is 2. The maximum atomic E-state index is 6.25. The van der Waals surface area contributed by atoms with E-state index in [0.717, 1.165) is 36.3 Å². The second kappa shape index (κ2) is 6.27. The van der Waals surface area contributed by atoms with Crippen molar-refractivity contribution < 1.29 is 4.74 Å². The first-order valence-electron chi connectivity index (χ1n) is 6.29. The van der Waals surface area contributed by atoms with Crippen LogP contribution in [0, 0.1) is 5.92 Å². The average Bonchev–Trinajstić information content (AvgIpc) is 2.34. The van der Waals surface area contributed by atoms with Gasteiger partial charge in [0.25, 0.3) is 0 Å². The number of nitrogens with zero attached hydrogens (tertiary/aromatic N) is 1. The quantitative estimate of drug-likeness (QED) is 0.778. The fraction of sp³-hybridized carbons (Fsp3) is 0.571. The number of ether oxygens (including phenoxy) is 1. The minimum atomic E-state index is 0.337. The van der Waals surface area contributed by atoms with Crippen LogP contribution < -0.4 is 4.74 Å². The molecule has 0 radical (unpaired) electrons. The van der Waals surface area contributed by atoms with E-state index >= 15 is 0 Å². The topological polar surface area (TPSA) is 12.5 Å². The Kier molecular flexibility index (Phi) is 4.93. The van der Waals surface area contributed by atoms with Crippen molar-refractivity contribution in [1.29, 1.82) is 0 Å². The zero-order valence-corrected chi connectivity index (χ0v) is 13.2. The highest BCUT2D eigenvalue weighted by atomic mass is 79.9. The van der Waals surface area contributed by atoms with Crippen LogP contribution in [-0.2, 0) is 6.54 Å². The molecule has 18 heavy (non-hydrogen) atoms. The predicted molar refractivity (Wildman–Crippen MR) is 79.4 cm³/mol. The molecule has 1 aromatic carbocycles. The van der Waals surface area contributed by atoms with E-state index in [1.807, 2.05) is 6.07 Å². The number of rotatable bonds is 3. The Labute approximate surface area is 122 Å². The highest BCUT2D eigenvalue weighted by Gasteiger charge is 2.24. The van der Waals surface area contributed by atoms with E-state index in [9.17, 15) is 0 Å². The largest absolute Gasteiger partial charge is 0.496 e. The molecule has 0 saturated carbocycles. The minimum Gasteiger partial charge on any atom is -0.496 e. The highest BCUT2D eigenvalue weighted by Crippen LogP contribution is 2.27. The molecule has 0 amide bonds. The van der Waals surface area contributed by atoms with E-state index in [1.165, 1.54) is 5.56 Å². The summed E-state index contributed by atoms with van der Waals surface area (Å²) in [4.78, 5) is 2.47. The molecular formula is C14H19BrClNO. The molecule has 1 aromatic rings. The van der Waals surface area contributed by atoms with Crippen LogP contribution in [0.25, 0.3) is 0 Å². The third-order valence-corrected chi connectivity index (χ3v) is 4.78. The monoisotopic (exact) mass is 331 g/mol. The lowest BCUT2D eigenvalue weighted by Crippen LogP contribution is -2.39. The third kappa shape index (κ3) is 3.40. The van der Waals surface area contributed by atoms with Gasteiger partial charge in [0.1, 0.15) is 5.75 Å². The molecular weight excluding hydrogens is 314 g/mol. The highest BCUT2D eigenvalue weighted by molar-refractivity contribution is 9.10. The summed E-state index contributed by atoms with van der Waals surface area (Å²) in [6.45, 7) is 5.38. The smallest absolute Gasteiger partial charge is 0.133 e. The first-order valence-corrected chi connectivity index (χ1v) is 7.52. The molecule has 1 aliphatic rings. The normalized spacial score (nSPS) is 25.1. The fourth-order valence-corrected chi connectivity index (χ4v) is 3.18. The van der Waals surface area contributed by atoms with Gasteiger partial charge in [0, 0.05) is 18.5 Å². The van der Waals surface area contributed by atoms with Crippen LogP contribution >= 0.6 is 27.5 Å². The van der Waals surface area contributed by atoms with Crippen molar-refractivity contribution in [2.75, 3.05) is 20.2 Å². The Hall–Kier alpha value is -0.250. The molecule has 1 saturated heterocycles. The van der Waals surface area contributed by atoms with Crippen LogP contribution in [0.4, 0.5) is 0 Å². The van der Waals surface area contributed by atoms with Gasteiger partial charge < -0.3 is 4.74 Å². The molecule has 1 heterocycles. The molecule has 0 spiro atoms. The Morgan fingerprint density at radius 2 is 2.28 bits per heavy atom. The zero-order valence-electron chi connectivity index (χ0n) is 10.8. The van der Waals surface area contributed by atoms with Gasteiger partial charge in [-0.25, -0.2) is 0 Å². The van der Waals surface area contributed by atoms with Crippen molar-refractivity contribution in [3.05, 3.63) is 28.2 Å². The lowest BCUT2D eigenvalue weighted by atomic mass is 9.99. The van der Waals surface area contributed by atoms with E-state index in [1.54, 1.807) is 7.11 Å². The van der Waals surface area contributed by atoms with Crippen LogP contribution in [-0.4, -0.2) is 30.5 Å². The Morgan fingerprint density at radius 3 is 2.89 bits per heavy atom. The molecule has 2 rings (SSSR count). The van der Waals surface area contributed by atoms with Crippen molar-refractivity contribution in [3.8, 4) is 5.75 Å². The lowest BCUT2D eigenvalue weighted by Gasteiger charge is -2.34. The van der Waals surface area contributed by atoms with Crippen LogP contribution in [0.1, 0.15) is 18.9 Å². The Morgan fingerprint density at radius 1 is 1.50 bits per heavy atom. The van der Waals surface area contributed by atoms with Gasteiger partial charge in [0.15, 0.2) is 0 Å². The third-order valence-electron chi connectivity index (χ3n) is 3.51. The number of piperidine rings is 1. The maximum absolute atomic E-state index is 6.25. The molecule has 0 N–H and O–H groups in total. The molecule has 2 unspecified atom stereocenters. The summed E-state index contributed by atoms with van der Waals surface area (Å²) in [6, 6.07) is 6.27. The van der Waals surface area contributed by atoms with E-state index in [2.05, 4.69) is 39.9 Å². The van der Waals surface area contributed by atoms with E-state index in [4.69, 9.17) is 16.3 Å². The first-order chi connectivity index (χ1) is 8.60. The van der Waals surface area contributed by atoms with Gasteiger partial charge in [-0.05, 0) is 52.5 Å². The molecule has 0 bridgehead atoms. The summed E-state index contributed by atoms with van der Waals surface area (Å²) in [6.07, 6.45) is 1.08. The van der Waals surface area contributed by atoms with E-state index in [0.29, 0.717) is 11.3 Å². The van der Waals surface area contributed by atoms with Crippen molar-refractivity contribution in [2.24, 2.45) is 5.92 Å². The Bertz CT molecular complexity index is 413. The molecule has 2 nitrogen and oxygen atoms in total. The number of hydrogen-bond donors (Lipinski definition) is 0. The number of methoxy groups -OCH3 is 1. The molecule has 0 aliphatic carbocycles. The van der Waals surface area contributed by atoms with Crippen molar-refractivity contribution in [3.63, 3.8) is 0 Å². The summed E-state index contributed by atoms with van der Waals surface area (Å²) >= 11 is 9.78. The summed E-state index contributed by atoms with van der Waals surface area (Å²) in [5.41, 5.74) is 1.31. The SMILES string of the molecule is COc1ccc(CN2CCC(Cl)C(C)C2)cc1Br. The predicted octanol–water partition coefficient (Wildman–Crippen LogP) is 3.91. The Balaban J connectivity index is 1.99. The van der Waals surface area contributed by atoms with Gasteiger partial charge in [0.05, 0.1) is 11.6 Å². The van der Waals surface area contributed by atoms with Gasteiger partial charge in [0.2, 0.25) is 0 Å². The summed E-state index contributed by atoms with van der Waals surface area (Å²) in [7, 11) is 1.69. The first kappa shape index (κ1) is 14.2. The minimum absolute atomic E-state index is 0.337. The van der Waals surface area contributed by atoms with Crippen LogP contribution in [0.15, 0.2) is 22.7 Å². The molecule has 0 aromatic heterocycles. The van der Waals surface area contributed by atoms with Gasteiger partial charge >= 0.3 is 0 Å². The lowest BCUT2D eigenvalue weighted by molar-refractivity contribution is 0.180. The van der Waals surface area contributed by atoms with E-state index in [-0.39, 0.29) is 0 Å². The summed E-state index contributed by atoms with van der Waals surface area (Å²) in [5, 5.41) is 0.337. The number of halogens is 2. The average molecular weight is 333 g/mol. The summed E-state index contributed by atoms with van der Waals surface area (Å²) < 4.78 is 6.26. The second-order valence-electron chi connectivity index (χ2n) is 4.99. The second-order valence-corrected chi connectivity index (χ2v) is 6.40. The number of benzene rings is 1. The van der Waals surface area contributed by atoms with Crippen LogP contribution in [0.5, 0.6) is 5.75 Å². The molecule has 1 fully saturated rings. The van der Waals surface area contributed by atoms with Crippen molar-refractivity contribution in [1.82, 2.24) is 4.90 Å². The number of alkyl halides is 1. The van der Waals surface area contributed by atoms with E-state index < -0.39 is 0 Å². The molecule has 2 atom stereocenters. The molecule has 4 heteroatoms. The maximum Gasteiger partial charge on any atom is 0.133 e. The zero-order chi connectivity index (χ0) is 13.1. The van der Waals surface area contributed by atoms with Crippen molar-refractivity contribution in [2.45, 2.75) is 25.3 Å².